The Morgan fingerprint density at radius 1 is 1.15 bits per heavy atom. The van der Waals surface area contributed by atoms with E-state index < -0.39 is 0 Å². The molecule has 1 N–H and O–H groups in total. The van der Waals surface area contributed by atoms with Crippen molar-refractivity contribution in [3.63, 3.8) is 0 Å². The van der Waals surface area contributed by atoms with Gasteiger partial charge in [-0.2, -0.15) is 0 Å². The fourth-order valence-electron chi connectivity index (χ4n) is 2.03. The molecule has 0 radical (unpaired) electrons. The molecule has 0 aliphatic heterocycles. The maximum absolute atomic E-state index is 14.2. The molecule has 0 aliphatic carbocycles. The Kier molecular flexibility index (Phi) is 5.21. The van der Waals surface area contributed by atoms with Crippen LogP contribution in [0.3, 0.4) is 0 Å². The second-order valence-corrected chi connectivity index (χ2v) is 6.00. The van der Waals surface area contributed by atoms with Gasteiger partial charge >= 0.3 is 0 Å². The average Bonchev–Trinajstić information content (AvgIpc) is 2.43. The van der Waals surface area contributed by atoms with Crippen LogP contribution in [0.25, 0.3) is 0 Å². The van der Waals surface area contributed by atoms with Gasteiger partial charge in [-0.1, -0.05) is 42.4 Å². The predicted molar refractivity (Wildman–Crippen MR) is 83.8 cm³/mol. The molecule has 1 unspecified atom stereocenters. The minimum absolute atomic E-state index is 0.155. The fourth-order valence-corrected chi connectivity index (χ4v) is 2.85. The summed E-state index contributed by atoms with van der Waals surface area (Å²) in [6.07, 6.45) is 0. The molecule has 0 spiro atoms. The smallest absolute Gasteiger partial charge is 0.137 e. The molecule has 0 heterocycles. The Bertz CT molecular complexity index is 566. The highest BCUT2D eigenvalue weighted by Gasteiger charge is 2.09. The van der Waals surface area contributed by atoms with Gasteiger partial charge in [-0.25, -0.2) is 4.39 Å². The number of hydrogen-bond acceptors (Lipinski definition) is 2. The van der Waals surface area contributed by atoms with Gasteiger partial charge in [0.2, 0.25) is 0 Å². The van der Waals surface area contributed by atoms with E-state index in [2.05, 4.69) is 12.2 Å². The maximum Gasteiger partial charge on any atom is 0.137 e. The summed E-state index contributed by atoms with van der Waals surface area (Å²) >= 11 is 1.46. The highest BCUT2D eigenvalue weighted by atomic mass is 32.2. The molecule has 20 heavy (non-hydrogen) atoms. The maximum atomic E-state index is 14.2. The fraction of sp³-hybridized carbons (Fsp3) is 0.294. The quantitative estimate of drug-likeness (QED) is 0.835. The topological polar surface area (TPSA) is 12.0 Å². The Morgan fingerprint density at radius 2 is 1.85 bits per heavy atom. The van der Waals surface area contributed by atoms with Crippen molar-refractivity contribution >= 4 is 11.8 Å². The Morgan fingerprint density at radius 3 is 2.45 bits per heavy atom. The van der Waals surface area contributed by atoms with E-state index in [1.807, 2.05) is 50.2 Å². The van der Waals surface area contributed by atoms with Crippen molar-refractivity contribution in [3.05, 3.63) is 59.4 Å². The first-order valence-corrected chi connectivity index (χ1v) is 7.69. The van der Waals surface area contributed by atoms with Gasteiger partial charge in [0, 0.05) is 15.8 Å². The molecule has 0 bridgehead atoms. The lowest BCUT2D eigenvalue weighted by molar-refractivity contribution is 0.572. The van der Waals surface area contributed by atoms with Gasteiger partial charge in [0.05, 0.1) is 0 Å². The molecular formula is C17H20FNS. The van der Waals surface area contributed by atoms with Crippen LogP contribution in [0.2, 0.25) is 0 Å². The van der Waals surface area contributed by atoms with Crippen molar-refractivity contribution in [1.29, 1.82) is 0 Å². The zero-order valence-corrected chi connectivity index (χ0v) is 12.9. The molecule has 0 saturated heterocycles. The van der Waals surface area contributed by atoms with Crippen molar-refractivity contribution in [1.82, 2.24) is 5.32 Å². The number of rotatable bonds is 5. The lowest BCUT2D eigenvalue weighted by Gasteiger charge is -2.13. The first kappa shape index (κ1) is 15.1. The molecule has 1 atom stereocenters. The van der Waals surface area contributed by atoms with Gasteiger partial charge in [0.15, 0.2) is 0 Å². The van der Waals surface area contributed by atoms with Crippen LogP contribution in [-0.2, 0) is 0 Å². The summed E-state index contributed by atoms with van der Waals surface area (Å²) in [4.78, 5) is 1.73. The first-order valence-electron chi connectivity index (χ1n) is 6.87. The van der Waals surface area contributed by atoms with Crippen LogP contribution in [0.15, 0.2) is 52.3 Å². The highest BCUT2D eigenvalue weighted by Crippen LogP contribution is 2.31. The van der Waals surface area contributed by atoms with E-state index in [9.17, 15) is 4.39 Å². The summed E-state index contributed by atoms with van der Waals surface area (Å²) in [5, 5.41) is 3.29. The first-order chi connectivity index (χ1) is 9.60. The molecule has 2 rings (SSSR count). The molecule has 0 aromatic heterocycles. The number of benzene rings is 2. The van der Waals surface area contributed by atoms with Crippen molar-refractivity contribution in [3.8, 4) is 0 Å². The molecule has 0 saturated carbocycles. The number of halogens is 1. The highest BCUT2D eigenvalue weighted by molar-refractivity contribution is 7.99. The summed E-state index contributed by atoms with van der Waals surface area (Å²) in [5.41, 5.74) is 2.20. The SMILES string of the molecule is CCNC(C)c1ccc(Sc2ccc(C)cc2)c(F)c1. The summed E-state index contributed by atoms with van der Waals surface area (Å²) in [5.74, 6) is -0.155. The van der Waals surface area contributed by atoms with Crippen molar-refractivity contribution in [2.75, 3.05) is 6.54 Å². The minimum Gasteiger partial charge on any atom is -0.310 e. The zero-order valence-electron chi connectivity index (χ0n) is 12.1. The van der Waals surface area contributed by atoms with Gasteiger partial charge in [0.1, 0.15) is 5.82 Å². The van der Waals surface area contributed by atoms with E-state index in [0.717, 1.165) is 17.0 Å². The number of nitrogens with one attached hydrogen (secondary N) is 1. The molecule has 3 heteroatoms. The third-order valence-electron chi connectivity index (χ3n) is 3.22. The molecule has 0 fully saturated rings. The Labute approximate surface area is 124 Å². The summed E-state index contributed by atoms with van der Waals surface area (Å²) in [7, 11) is 0. The standard InChI is InChI=1S/C17H20FNS/c1-4-19-13(3)14-7-10-17(16(18)11-14)20-15-8-5-12(2)6-9-15/h5-11,13,19H,4H2,1-3H3. The van der Waals surface area contributed by atoms with Gasteiger partial charge in [-0.05, 0) is 50.2 Å². The van der Waals surface area contributed by atoms with Crippen LogP contribution in [0, 0.1) is 12.7 Å². The van der Waals surface area contributed by atoms with E-state index >= 15 is 0 Å². The van der Waals surface area contributed by atoms with Gasteiger partial charge in [-0.15, -0.1) is 0 Å². The summed E-state index contributed by atoms with van der Waals surface area (Å²) in [6.45, 7) is 7.02. The summed E-state index contributed by atoms with van der Waals surface area (Å²) < 4.78 is 14.2. The number of hydrogen-bond donors (Lipinski definition) is 1. The van der Waals surface area contributed by atoms with Crippen LogP contribution in [0.1, 0.15) is 31.0 Å². The van der Waals surface area contributed by atoms with E-state index in [1.54, 1.807) is 6.07 Å². The Hall–Kier alpha value is -1.32. The van der Waals surface area contributed by atoms with Crippen molar-refractivity contribution in [2.24, 2.45) is 0 Å². The summed E-state index contributed by atoms with van der Waals surface area (Å²) in [6, 6.07) is 13.8. The lowest BCUT2D eigenvalue weighted by Crippen LogP contribution is -2.17. The van der Waals surface area contributed by atoms with Crippen LogP contribution in [-0.4, -0.2) is 6.54 Å². The number of aryl methyl sites for hydroxylation is 1. The van der Waals surface area contributed by atoms with E-state index in [-0.39, 0.29) is 11.9 Å². The zero-order chi connectivity index (χ0) is 14.5. The Balaban J connectivity index is 2.15. The molecule has 0 amide bonds. The van der Waals surface area contributed by atoms with E-state index in [4.69, 9.17) is 0 Å². The van der Waals surface area contributed by atoms with E-state index in [1.165, 1.54) is 17.3 Å². The van der Waals surface area contributed by atoms with Crippen LogP contribution < -0.4 is 5.32 Å². The second-order valence-electron chi connectivity index (χ2n) is 4.88. The van der Waals surface area contributed by atoms with Gasteiger partial charge in [-0.3, -0.25) is 0 Å². The third-order valence-corrected chi connectivity index (χ3v) is 4.27. The third kappa shape index (κ3) is 3.84. The second kappa shape index (κ2) is 6.91. The molecule has 2 aromatic rings. The van der Waals surface area contributed by atoms with Crippen LogP contribution in [0.4, 0.5) is 4.39 Å². The lowest BCUT2D eigenvalue weighted by atomic mass is 10.1. The molecular weight excluding hydrogens is 269 g/mol. The molecule has 1 nitrogen and oxygen atoms in total. The van der Waals surface area contributed by atoms with Gasteiger partial charge in [0.25, 0.3) is 0 Å². The van der Waals surface area contributed by atoms with Gasteiger partial charge < -0.3 is 5.32 Å². The minimum atomic E-state index is -0.155. The largest absolute Gasteiger partial charge is 0.310 e. The normalized spacial score (nSPS) is 12.4. The molecule has 106 valence electrons. The molecule has 0 aliphatic rings. The average molecular weight is 289 g/mol. The molecule has 2 aromatic carbocycles. The van der Waals surface area contributed by atoms with E-state index in [0.29, 0.717) is 4.90 Å². The monoisotopic (exact) mass is 289 g/mol. The van der Waals surface area contributed by atoms with Crippen LogP contribution in [0.5, 0.6) is 0 Å². The van der Waals surface area contributed by atoms with Crippen molar-refractivity contribution in [2.45, 2.75) is 36.6 Å². The van der Waals surface area contributed by atoms with Crippen molar-refractivity contribution < 1.29 is 4.39 Å². The predicted octanol–water partition coefficient (Wildman–Crippen LogP) is 4.96. The van der Waals surface area contributed by atoms with Crippen LogP contribution >= 0.6 is 11.8 Å².